The van der Waals surface area contributed by atoms with Gasteiger partial charge in [0.05, 0.1) is 23.6 Å². The number of halogens is 1. The van der Waals surface area contributed by atoms with Crippen LogP contribution in [0, 0.1) is 5.82 Å². The van der Waals surface area contributed by atoms with E-state index in [4.69, 9.17) is 4.74 Å². The Hall–Kier alpha value is -2.08. The van der Waals surface area contributed by atoms with Gasteiger partial charge in [0.2, 0.25) is 10.0 Å². The van der Waals surface area contributed by atoms with Gasteiger partial charge in [-0.25, -0.2) is 17.5 Å². The number of benzene rings is 2. The van der Waals surface area contributed by atoms with Crippen molar-refractivity contribution in [2.24, 2.45) is 0 Å². The monoisotopic (exact) mass is 465 g/mol. The maximum Gasteiger partial charge on any atom is 0.240 e. The van der Waals surface area contributed by atoms with E-state index in [0.717, 1.165) is 5.69 Å². The highest BCUT2D eigenvalue weighted by Crippen LogP contribution is 2.28. The number of hydrogen-bond donors (Lipinski definition) is 3. The molecular weight excluding hydrogens is 437 g/mol. The number of sulfonamides is 1. The first-order valence-electron chi connectivity index (χ1n) is 10.6. The van der Waals surface area contributed by atoms with Crippen LogP contribution in [0.15, 0.2) is 59.5 Å². The fraction of sp³-hybridized carbons (Fsp3) is 0.455. The first-order valence-corrected chi connectivity index (χ1v) is 12.1. The van der Waals surface area contributed by atoms with Crippen molar-refractivity contribution < 1.29 is 27.8 Å². The van der Waals surface area contributed by atoms with Crippen molar-refractivity contribution in [3.63, 3.8) is 0 Å². The van der Waals surface area contributed by atoms with Crippen molar-refractivity contribution in [2.45, 2.75) is 29.2 Å². The smallest absolute Gasteiger partial charge is 0.240 e. The number of piperazine rings is 1. The van der Waals surface area contributed by atoms with Crippen LogP contribution in [-0.2, 0) is 14.8 Å². The highest BCUT2D eigenvalue weighted by Gasteiger charge is 2.47. The minimum absolute atomic E-state index is 0.0202. The van der Waals surface area contributed by atoms with Crippen LogP contribution in [-0.4, -0.2) is 87.2 Å². The minimum atomic E-state index is -3.72. The third-order valence-corrected chi connectivity index (χ3v) is 7.54. The van der Waals surface area contributed by atoms with Gasteiger partial charge in [0.1, 0.15) is 18.0 Å². The second-order valence-electron chi connectivity index (χ2n) is 8.04. The topological polar surface area (TPSA) is 102 Å². The summed E-state index contributed by atoms with van der Waals surface area (Å²) in [6, 6.07) is 13.9. The fourth-order valence-electron chi connectivity index (χ4n) is 4.40. The van der Waals surface area contributed by atoms with Crippen molar-refractivity contribution in [1.82, 2.24) is 9.62 Å². The number of nitrogens with one attached hydrogen (secondary N) is 1. The lowest BCUT2D eigenvalue weighted by Gasteiger charge is -2.41. The normalized spacial score (nSPS) is 27.0. The number of aliphatic hydroxyl groups excluding tert-OH is 2. The van der Waals surface area contributed by atoms with Crippen LogP contribution in [0.25, 0.3) is 0 Å². The van der Waals surface area contributed by atoms with Crippen LogP contribution in [0.1, 0.15) is 0 Å². The second kappa shape index (κ2) is 9.82. The summed E-state index contributed by atoms with van der Waals surface area (Å²) in [6.07, 6.45) is -2.33. The zero-order valence-corrected chi connectivity index (χ0v) is 18.4. The third-order valence-electron chi connectivity index (χ3n) is 6.10. The molecular formula is C22H28FN3O5S. The van der Waals surface area contributed by atoms with E-state index in [0.29, 0.717) is 26.2 Å². The van der Waals surface area contributed by atoms with Gasteiger partial charge < -0.3 is 19.8 Å². The molecule has 2 aliphatic heterocycles. The first kappa shape index (κ1) is 23.1. The molecule has 2 aromatic rings. The lowest BCUT2D eigenvalue weighted by atomic mass is 10.0. The third kappa shape index (κ3) is 4.95. The van der Waals surface area contributed by atoms with Crippen molar-refractivity contribution in [2.75, 3.05) is 44.2 Å². The molecule has 0 bridgehead atoms. The minimum Gasteiger partial charge on any atom is -0.394 e. The summed E-state index contributed by atoms with van der Waals surface area (Å²) in [5.74, 6) is -0.283. The number of hydrogen-bond acceptors (Lipinski definition) is 7. The van der Waals surface area contributed by atoms with Crippen LogP contribution in [0.2, 0.25) is 0 Å². The van der Waals surface area contributed by atoms with E-state index in [-0.39, 0.29) is 23.9 Å². The Kier molecular flexibility index (Phi) is 7.08. The molecule has 0 amide bonds. The van der Waals surface area contributed by atoms with E-state index in [9.17, 15) is 23.0 Å². The molecule has 2 saturated heterocycles. The molecule has 4 rings (SSSR count). The Balaban J connectivity index is 1.42. The van der Waals surface area contributed by atoms with Crippen molar-refractivity contribution in [3.05, 3.63) is 60.4 Å². The average Bonchev–Trinajstić information content (AvgIpc) is 3.14. The Labute approximate surface area is 187 Å². The van der Waals surface area contributed by atoms with E-state index in [1.54, 1.807) is 30.3 Å². The van der Waals surface area contributed by atoms with E-state index in [1.165, 1.54) is 24.3 Å². The van der Waals surface area contributed by atoms with Gasteiger partial charge in [-0.05, 0) is 36.4 Å². The van der Waals surface area contributed by atoms with E-state index in [1.807, 2.05) is 0 Å². The Bertz CT molecular complexity index is 984. The summed E-state index contributed by atoms with van der Waals surface area (Å²) >= 11 is 0. The zero-order chi connectivity index (χ0) is 22.7. The predicted octanol–water partition coefficient (Wildman–Crippen LogP) is 0.415. The van der Waals surface area contributed by atoms with Gasteiger partial charge in [-0.3, -0.25) is 4.90 Å². The Morgan fingerprint density at radius 3 is 2.28 bits per heavy atom. The molecule has 4 atom stereocenters. The first-order chi connectivity index (χ1) is 15.4. The summed E-state index contributed by atoms with van der Waals surface area (Å²) in [4.78, 5) is 4.36. The standard InChI is InChI=1S/C22H28FN3O5S/c23-16-6-8-17(9-7-16)25-10-12-26(13-11-25)21-19(31-20(15-27)22(21)28)14-24-32(29,30)18-4-2-1-3-5-18/h1-9,19-22,24,27-28H,10-15H2. The van der Waals surface area contributed by atoms with E-state index >= 15 is 0 Å². The quantitative estimate of drug-likeness (QED) is 0.545. The molecule has 0 spiro atoms. The van der Waals surface area contributed by atoms with Gasteiger partial charge in [-0.2, -0.15) is 0 Å². The van der Waals surface area contributed by atoms with Crippen molar-refractivity contribution >= 4 is 15.7 Å². The summed E-state index contributed by atoms with van der Waals surface area (Å²) in [7, 11) is -3.72. The lowest BCUT2D eigenvalue weighted by Crippen LogP contribution is -2.57. The molecule has 32 heavy (non-hydrogen) atoms. The Morgan fingerprint density at radius 1 is 1.00 bits per heavy atom. The van der Waals surface area contributed by atoms with E-state index < -0.39 is 34.4 Å². The van der Waals surface area contributed by atoms with Crippen LogP contribution in [0.5, 0.6) is 0 Å². The highest BCUT2D eigenvalue weighted by atomic mass is 32.2. The van der Waals surface area contributed by atoms with Gasteiger partial charge >= 0.3 is 0 Å². The number of anilines is 1. The number of nitrogens with zero attached hydrogens (tertiary/aromatic N) is 2. The van der Waals surface area contributed by atoms with Crippen LogP contribution >= 0.6 is 0 Å². The Morgan fingerprint density at radius 2 is 1.66 bits per heavy atom. The van der Waals surface area contributed by atoms with Gasteiger partial charge in [0, 0.05) is 38.4 Å². The van der Waals surface area contributed by atoms with Crippen LogP contribution in [0.3, 0.4) is 0 Å². The molecule has 2 aromatic carbocycles. The molecule has 8 nitrogen and oxygen atoms in total. The summed E-state index contributed by atoms with van der Waals surface area (Å²) in [5.41, 5.74) is 0.926. The van der Waals surface area contributed by atoms with Crippen molar-refractivity contribution in [3.8, 4) is 0 Å². The van der Waals surface area contributed by atoms with Gasteiger partial charge in [0.25, 0.3) is 0 Å². The second-order valence-corrected chi connectivity index (χ2v) is 9.81. The molecule has 0 radical (unpaired) electrons. The summed E-state index contributed by atoms with van der Waals surface area (Å²) in [5, 5.41) is 20.4. The zero-order valence-electron chi connectivity index (χ0n) is 17.5. The molecule has 10 heteroatoms. The molecule has 4 unspecified atom stereocenters. The largest absolute Gasteiger partial charge is 0.394 e. The lowest BCUT2D eigenvalue weighted by molar-refractivity contribution is -0.0201. The van der Waals surface area contributed by atoms with Crippen LogP contribution in [0.4, 0.5) is 10.1 Å². The maximum atomic E-state index is 13.2. The molecule has 0 saturated carbocycles. The van der Waals surface area contributed by atoms with Gasteiger partial charge in [-0.1, -0.05) is 18.2 Å². The van der Waals surface area contributed by atoms with Crippen LogP contribution < -0.4 is 9.62 Å². The fourth-order valence-corrected chi connectivity index (χ4v) is 5.47. The molecule has 0 aliphatic carbocycles. The predicted molar refractivity (Wildman–Crippen MR) is 117 cm³/mol. The summed E-state index contributed by atoms with van der Waals surface area (Å²) in [6.45, 7) is 2.19. The van der Waals surface area contributed by atoms with Gasteiger partial charge in [-0.15, -0.1) is 0 Å². The SMILES string of the molecule is O=S(=O)(NCC1OC(CO)C(O)C1N1CCN(c2ccc(F)cc2)CC1)c1ccccc1. The molecule has 174 valence electrons. The highest BCUT2D eigenvalue weighted by molar-refractivity contribution is 7.89. The van der Waals surface area contributed by atoms with Crippen molar-refractivity contribution in [1.29, 1.82) is 0 Å². The maximum absolute atomic E-state index is 13.2. The average molecular weight is 466 g/mol. The molecule has 2 aliphatic rings. The van der Waals surface area contributed by atoms with Gasteiger partial charge in [0.15, 0.2) is 0 Å². The number of rotatable bonds is 7. The van der Waals surface area contributed by atoms with E-state index in [2.05, 4.69) is 14.5 Å². The number of aliphatic hydroxyl groups is 2. The molecule has 2 fully saturated rings. The molecule has 0 aromatic heterocycles. The molecule has 3 N–H and O–H groups in total. The number of ether oxygens (including phenoxy) is 1. The molecule has 2 heterocycles. The summed E-state index contributed by atoms with van der Waals surface area (Å²) < 4.78 is 46.8.